The van der Waals surface area contributed by atoms with Crippen molar-refractivity contribution >= 4 is 40.9 Å². The van der Waals surface area contributed by atoms with Gasteiger partial charge in [0.25, 0.3) is 0 Å². The van der Waals surface area contributed by atoms with Crippen LogP contribution in [0.3, 0.4) is 0 Å². The van der Waals surface area contributed by atoms with E-state index in [-0.39, 0.29) is 18.3 Å². The van der Waals surface area contributed by atoms with E-state index in [0.717, 1.165) is 22.9 Å². The van der Waals surface area contributed by atoms with Crippen LogP contribution in [0.2, 0.25) is 5.02 Å². The molecule has 2 N–H and O–H groups in total. The van der Waals surface area contributed by atoms with Crippen molar-refractivity contribution < 1.29 is 23.8 Å². The molecule has 10 heteroatoms. The number of carbonyl (C=O) groups is 2. The van der Waals surface area contributed by atoms with Crippen molar-refractivity contribution in [3.63, 3.8) is 0 Å². The zero-order valence-corrected chi connectivity index (χ0v) is 23.1. The number of nitrogens with one attached hydrogen (secondary N) is 2. The van der Waals surface area contributed by atoms with Crippen molar-refractivity contribution in [1.29, 1.82) is 5.26 Å². The number of allylic oxidation sites excluding steroid dienone is 2. The molecule has 8 nitrogen and oxygen atoms in total. The minimum absolute atomic E-state index is 0.0221. The van der Waals surface area contributed by atoms with Crippen LogP contribution in [-0.2, 0) is 14.3 Å². The first-order chi connectivity index (χ1) is 18.2. The van der Waals surface area contributed by atoms with Crippen molar-refractivity contribution in [2.45, 2.75) is 19.8 Å². The molecule has 198 valence electrons. The van der Waals surface area contributed by atoms with Gasteiger partial charge in [-0.1, -0.05) is 65.8 Å². The molecule has 0 radical (unpaired) electrons. The highest BCUT2D eigenvalue weighted by Gasteiger charge is 2.35. The van der Waals surface area contributed by atoms with Crippen LogP contribution >= 0.6 is 23.4 Å². The van der Waals surface area contributed by atoms with E-state index < -0.39 is 11.9 Å². The molecule has 1 amide bonds. The Balaban J connectivity index is 1.90. The third-order valence-electron chi connectivity index (χ3n) is 5.71. The smallest absolute Gasteiger partial charge is 0.337 e. The molecule has 0 spiro atoms. The van der Waals surface area contributed by atoms with Crippen LogP contribution in [0.4, 0.5) is 5.69 Å². The van der Waals surface area contributed by atoms with Gasteiger partial charge in [0.1, 0.15) is 18.1 Å². The Morgan fingerprint density at radius 1 is 1.18 bits per heavy atom. The summed E-state index contributed by atoms with van der Waals surface area (Å²) in [5.41, 5.74) is 3.39. The van der Waals surface area contributed by atoms with Crippen LogP contribution < -0.4 is 20.1 Å². The average molecular weight is 554 g/mol. The Labute approximate surface area is 231 Å². The van der Waals surface area contributed by atoms with E-state index in [1.807, 2.05) is 31.2 Å². The number of carbonyl (C=O) groups excluding carboxylic acids is 2. The number of rotatable bonds is 10. The van der Waals surface area contributed by atoms with Gasteiger partial charge in [-0.05, 0) is 19.4 Å². The van der Waals surface area contributed by atoms with E-state index in [0.29, 0.717) is 44.1 Å². The van der Waals surface area contributed by atoms with E-state index in [4.69, 9.17) is 25.8 Å². The van der Waals surface area contributed by atoms with E-state index in [9.17, 15) is 14.9 Å². The summed E-state index contributed by atoms with van der Waals surface area (Å²) in [5.74, 6) is -0.802. The Morgan fingerprint density at radius 3 is 2.47 bits per heavy atom. The summed E-state index contributed by atoms with van der Waals surface area (Å²) in [6.45, 7) is 7.33. The predicted molar refractivity (Wildman–Crippen MR) is 149 cm³/mol. The molecule has 1 atom stereocenters. The van der Waals surface area contributed by atoms with Crippen LogP contribution in [0, 0.1) is 18.3 Å². The molecule has 0 saturated carbocycles. The fourth-order valence-electron chi connectivity index (χ4n) is 3.88. The molecule has 1 aliphatic heterocycles. The Kier molecular flexibility index (Phi) is 9.88. The summed E-state index contributed by atoms with van der Waals surface area (Å²) in [7, 11) is 2.94. The van der Waals surface area contributed by atoms with E-state index in [1.54, 1.807) is 19.1 Å². The quantitative estimate of drug-likeness (QED) is 0.295. The molecule has 0 aromatic heterocycles. The molecule has 2 aromatic carbocycles. The van der Waals surface area contributed by atoms with Crippen molar-refractivity contribution in [2.75, 3.05) is 31.9 Å². The summed E-state index contributed by atoms with van der Waals surface area (Å²) in [4.78, 5) is 25.9. The minimum Gasteiger partial charge on any atom is -0.495 e. The van der Waals surface area contributed by atoms with Gasteiger partial charge in [-0.3, -0.25) is 4.79 Å². The number of nitriles is 1. The molecule has 0 saturated heterocycles. The number of aryl methyl sites for hydroxylation is 1. The van der Waals surface area contributed by atoms with Crippen LogP contribution in [0.1, 0.15) is 24.0 Å². The summed E-state index contributed by atoms with van der Waals surface area (Å²) in [6.07, 6.45) is 1.48. The van der Waals surface area contributed by atoms with Crippen molar-refractivity contribution in [2.24, 2.45) is 0 Å². The predicted octanol–water partition coefficient (Wildman–Crippen LogP) is 5.46. The van der Waals surface area contributed by atoms with Crippen LogP contribution in [0.25, 0.3) is 0 Å². The lowest BCUT2D eigenvalue weighted by Gasteiger charge is -2.29. The fraction of sp³-hybridized carbons (Fsp3) is 0.250. The van der Waals surface area contributed by atoms with Gasteiger partial charge in [-0.25, -0.2) is 4.79 Å². The second kappa shape index (κ2) is 13.1. The number of nitrogens with zero attached hydrogens (tertiary/aromatic N) is 1. The average Bonchev–Trinajstić information content (AvgIpc) is 2.91. The fourth-order valence-corrected chi connectivity index (χ4v) is 5.01. The first-order valence-electron chi connectivity index (χ1n) is 11.5. The number of methoxy groups -OCH3 is 2. The van der Waals surface area contributed by atoms with Crippen LogP contribution in [0.15, 0.2) is 70.9 Å². The SMILES string of the molecule is C=CCOC(=O)C1=C(C)NC(SCC(=O)Nc2cc(OC)c(Cl)cc2OC)=C(C#N)[C@H]1c1ccc(C)cc1. The summed E-state index contributed by atoms with van der Waals surface area (Å²) in [5, 5.41) is 16.9. The lowest BCUT2D eigenvalue weighted by atomic mass is 9.82. The molecule has 1 heterocycles. The maximum atomic E-state index is 13.0. The van der Waals surface area contributed by atoms with E-state index >= 15 is 0 Å². The summed E-state index contributed by atoms with van der Waals surface area (Å²) >= 11 is 7.31. The van der Waals surface area contributed by atoms with Gasteiger partial charge >= 0.3 is 5.97 Å². The number of halogens is 1. The van der Waals surface area contributed by atoms with Gasteiger partial charge in [0, 0.05) is 17.8 Å². The second-order valence-corrected chi connectivity index (χ2v) is 9.67. The number of hydrogen-bond acceptors (Lipinski definition) is 8. The molecular formula is C28H28ClN3O5S. The van der Waals surface area contributed by atoms with Crippen molar-refractivity contribution in [3.05, 3.63) is 87.1 Å². The first-order valence-corrected chi connectivity index (χ1v) is 12.9. The number of amides is 1. The van der Waals surface area contributed by atoms with E-state index in [1.165, 1.54) is 20.3 Å². The van der Waals surface area contributed by atoms with Crippen molar-refractivity contribution in [1.82, 2.24) is 5.32 Å². The highest BCUT2D eigenvalue weighted by Crippen LogP contribution is 2.41. The Hall–Kier alpha value is -3.87. The highest BCUT2D eigenvalue weighted by atomic mass is 35.5. The Bertz CT molecular complexity index is 1350. The third kappa shape index (κ3) is 6.52. The van der Waals surface area contributed by atoms with Gasteiger partial charge in [-0.15, -0.1) is 0 Å². The molecule has 3 rings (SSSR count). The van der Waals surface area contributed by atoms with Crippen molar-refractivity contribution in [3.8, 4) is 17.6 Å². The number of ether oxygens (including phenoxy) is 3. The van der Waals surface area contributed by atoms with Gasteiger partial charge < -0.3 is 24.8 Å². The number of dihydropyridines is 1. The zero-order chi connectivity index (χ0) is 27.8. The monoisotopic (exact) mass is 553 g/mol. The van der Waals surface area contributed by atoms with Crippen LogP contribution in [-0.4, -0.2) is 38.5 Å². The molecule has 2 aromatic rings. The maximum absolute atomic E-state index is 13.0. The van der Waals surface area contributed by atoms with E-state index in [2.05, 4.69) is 23.3 Å². The highest BCUT2D eigenvalue weighted by molar-refractivity contribution is 8.03. The molecule has 38 heavy (non-hydrogen) atoms. The normalized spacial score (nSPS) is 14.8. The first kappa shape index (κ1) is 28.7. The standard InChI is InChI=1S/C28H28ClN3O5S/c1-6-11-37-28(34)25-17(3)31-27(19(14-30)26(25)18-9-7-16(2)8-10-18)38-15-24(33)32-21-13-22(35-4)20(29)12-23(21)36-5/h6-10,12-13,26,31H,1,11,15H2,2-5H3,(H,32,33)/t26-/m1/s1. The third-order valence-corrected chi connectivity index (χ3v) is 7.02. The second-order valence-electron chi connectivity index (χ2n) is 8.27. The summed E-state index contributed by atoms with van der Waals surface area (Å²) < 4.78 is 15.9. The van der Waals surface area contributed by atoms with Gasteiger partial charge in [-0.2, -0.15) is 5.26 Å². The maximum Gasteiger partial charge on any atom is 0.337 e. The lowest BCUT2D eigenvalue weighted by molar-refractivity contribution is -0.138. The Morgan fingerprint density at radius 2 is 1.87 bits per heavy atom. The number of esters is 1. The molecule has 0 bridgehead atoms. The number of thioether (sulfide) groups is 1. The molecule has 0 fully saturated rings. The van der Waals surface area contributed by atoms with Gasteiger partial charge in [0.15, 0.2) is 0 Å². The molecule has 1 aliphatic rings. The number of benzene rings is 2. The number of hydrogen-bond donors (Lipinski definition) is 2. The zero-order valence-electron chi connectivity index (χ0n) is 21.5. The molecular weight excluding hydrogens is 526 g/mol. The molecule has 0 unspecified atom stereocenters. The molecule has 0 aliphatic carbocycles. The lowest BCUT2D eigenvalue weighted by Crippen LogP contribution is -2.29. The number of anilines is 1. The van der Waals surface area contributed by atoms with Gasteiger partial charge in [0.05, 0.1) is 58.8 Å². The van der Waals surface area contributed by atoms with Gasteiger partial charge in [0.2, 0.25) is 5.91 Å². The van der Waals surface area contributed by atoms with Crippen LogP contribution in [0.5, 0.6) is 11.5 Å². The minimum atomic E-state index is -0.662. The largest absolute Gasteiger partial charge is 0.495 e. The topological polar surface area (TPSA) is 110 Å². The summed E-state index contributed by atoms with van der Waals surface area (Å²) in [6, 6.07) is 13.0.